The molecule has 6 heterocycles. The number of hydrogen-bond acceptors (Lipinski definition) is 6. The first-order valence-electron chi connectivity index (χ1n) is 22.7. The number of aromatic nitrogens is 3. The first-order valence-corrected chi connectivity index (χ1v) is 22.7. The second-order valence-corrected chi connectivity index (χ2v) is 16.7. The smallest absolute Gasteiger partial charge is 0.501 e. The molecule has 0 amide bonds. The first kappa shape index (κ1) is 45.0. The largest absolute Gasteiger partial charge is 3.00 e. The van der Waals surface area contributed by atoms with E-state index in [9.17, 15) is 0 Å². The molecular formula is C60H48IrN3O3. The summed E-state index contributed by atoms with van der Waals surface area (Å²) in [6, 6.07) is 53.2. The molecule has 6 nitrogen and oxygen atoms in total. The van der Waals surface area contributed by atoms with Crippen LogP contribution in [-0.4, -0.2) is 15.0 Å². The van der Waals surface area contributed by atoms with Crippen LogP contribution in [0.25, 0.3) is 99.6 Å². The number of hydrogen-bond donors (Lipinski definition) is 0. The van der Waals surface area contributed by atoms with Crippen molar-refractivity contribution in [2.45, 2.75) is 60.8 Å². The van der Waals surface area contributed by atoms with Gasteiger partial charge in [0.15, 0.2) is 0 Å². The van der Waals surface area contributed by atoms with Crippen molar-refractivity contribution in [3.63, 3.8) is 0 Å². The molecule has 6 aromatic heterocycles. The van der Waals surface area contributed by atoms with Crippen molar-refractivity contribution in [2.24, 2.45) is 0 Å². The van der Waals surface area contributed by atoms with Crippen molar-refractivity contribution in [1.82, 2.24) is 15.0 Å². The van der Waals surface area contributed by atoms with E-state index in [1.54, 1.807) is 0 Å². The van der Waals surface area contributed by atoms with E-state index in [1.807, 2.05) is 73.2 Å². The van der Waals surface area contributed by atoms with Gasteiger partial charge in [0.2, 0.25) is 0 Å². The fraction of sp³-hybridized carbons (Fsp3) is 0.150. The summed E-state index contributed by atoms with van der Waals surface area (Å²) in [6.07, 6.45) is 8.37. The van der Waals surface area contributed by atoms with Crippen molar-refractivity contribution >= 4 is 65.8 Å². The molecule has 0 saturated carbocycles. The van der Waals surface area contributed by atoms with Gasteiger partial charge >= 0.3 is 20.1 Å². The van der Waals surface area contributed by atoms with E-state index in [-0.39, 0.29) is 20.1 Å². The van der Waals surface area contributed by atoms with Gasteiger partial charge < -0.3 is 28.2 Å². The van der Waals surface area contributed by atoms with Gasteiger partial charge in [0.25, 0.3) is 0 Å². The van der Waals surface area contributed by atoms with E-state index in [0.717, 1.165) is 103 Å². The van der Waals surface area contributed by atoms with Crippen LogP contribution in [0.4, 0.5) is 0 Å². The van der Waals surface area contributed by atoms with Gasteiger partial charge in [-0.3, -0.25) is 0 Å². The van der Waals surface area contributed by atoms with Crippen molar-refractivity contribution < 1.29 is 33.4 Å². The fourth-order valence-electron chi connectivity index (χ4n) is 8.94. The third-order valence-corrected chi connectivity index (χ3v) is 12.3. The van der Waals surface area contributed by atoms with Crippen molar-refractivity contribution in [3.05, 3.63) is 198 Å². The number of pyridine rings is 3. The van der Waals surface area contributed by atoms with E-state index in [2.05, 4.69) is 147 Å². The minimum Gasteiger partial charge on any atom is -0.501 e. The van der Waals surface area contributed by atoms with Gasteiger partial charge in [-0.15, -0.1) is 53.1 Å². The Hall–Kier alpha value is -7.18. The maximum atomic E-state index is 6.15. The van der Waals surface area contributed by atoms with Crippen molar-refractivity contribution in [3.8, 4) is 33.8 Å². The standard InChI is InChI=1S/3C20H16NO.Ir/c3*1-3-14-8-9-15(17-12-13(2)10-11-21-17)20-19(14)16-6-4-5-7-18(16)22-20;/h3*4-8,10-12H,3H2,1-2H3;/q3*-1;+3. The number of nitrogens with zero attached hydrogens (tertiary/aromatic N) is 3. The Bertz CT molecular complexity index is 3340. The Balaban J connectivity index is 0.000000125. The summed E-state index contributed by atoms with van der Waals surface area (Å²) < 4.78 is 18.4. The molecule has 0 aliphatic rings. The van der Waals surface area contributed by atoms with E-state index >= 15 is 0 Å². The van der Waals surface area contributed by atoms with Gasteiger partial charge in [0.1, 0.15) is 16.7 Å². The summed E-state index contributed by atoms with van der Waals surface area (Å²) in [7, 11) is 0. The predicted octanol–water partition coefficient (Wildman–Crippen LogP) is 16.0. The van der Waals surface area contributed by atoms with E-state index in [1.165, 1.54) is 49.5 Å². The zero-order chi connectivity index (χ0) is 45.3. The maximum absolute atomic E-state index is 6.15. The summed E-state index contributed by atoms with van der Waals surface area (Å²) in [6.45, 7) is 12.7. The molecule has 0 aliphatic carbocycles. The Morgan fingerprint density at radius 2 is 0.687 bits per heavy atom. The molecule has 0 aliphatic heterocycles. The van der Waals surface area contributed by atoms with Gasteiger partial charge in [0.05, 0.1) is 16.7 Å². The Morgan fingerprint density at radius 1 is 0.403 bits per heavy atom. The molecule has 0 bridgehead atoms. The maximum Gasteiger partial charge on any atom is 3.00 e. The number of para-hydroxylation sites is 3. The molecule has 12 rings (SSSR count). The number of aryl methyl sites for hydroxylation is 6. The summed E-state index contributed by atoms with van der Waals surface area (Å²) in [5.74, 6) is 0. The van der Waals surface area contributed by atoms with E-state index < -0.39 is 0 Å². The molecule has 12 aromatic rings. The predicted molar refractivity (Wildman–Crippen MR) is 270 cm³/mol. The monoisotopic (exact) mass is 1050 g/mol. The third kappa shape index (κ3) is 8.57. The van der Waals surface area contributed by atoms with Crippen LogP contribution in [-0.2, 0) is 39.4 Å². The Labute approximate surface area is 404 Å². The average Bonchev–Trinajstić information content (AvgIpc) is 4.06. The van der Waals surface area contributed by atoms with E-state index in [4.69, 9.17) is 13.3 Å². The molecule has 0 atom stereocenters. The molecule has 0 saturated heterocycles. The Morgan fingerprint density at radius 3 is 0.955 bits per heavy atom. The van der Waals surface area contributed by atoms with Crippen LogP contribution in [0.1, 0.15) is 54.2 Å². The summed E-state index contributed by atoms with van der Waals surface area (Å²) >= 11 is 0. The molecule has 330 valence electrons. The van der Waals surface area contributed by atoms with Crippen LogP contribution in [0.5, 0.6) is 0 Å². The normalized spacial score (nSPS) is 11.2. The second-order valence-electron chi connectivity index (χ2n) is 16.7. The zero-order valence-electron chi connectivity index (χ0n) is 38.4. The molecule has 0 N–H and O–H groups in total. The minimum absolute atomic E-state index is 0. The Kier molecular flexibility index (Phi) is 13.0. The number of fused-ring (bicyclic) bond motifs is 9. The topological polar surface area (TPSA) is 78.1 Å². The average molecular weight is 1050 g/mol. The SMILES string of the molecule is CCc1c[c-]c(-c2cc(C)ccn2)c2oc3ccccc3c12.CCc1c[c-]c(-c2cc(C)ccn2)c2oc3ccccc3c12.CCc1c[c-]c(-c2cc(C)ccn2)c2oc3ccccc3c12.[Ir+3]. The fourth-order valence-corrected chi connectivity index (χ4v) is 8.94. The first-order chi connectivity index (χ1) is 32.3. The van der Waals surface area contributed by atoms with E-state index in [0.29, 0.717) is 0 Å². The molecular weight excluding hydrogens is 1000 g/mol. The van der Waals surface area contributed by atoms with Crippen LogP contribution < -0.4 is 0 Å². The van der Waals surface area contributed by atoms with Gasteiger partial charge in [-0.05, 0) is 74.3 Å². The van der Waals surface area contributed by atoms with Crippen LogP contribution in [0, 0.1) is 39.0 Å². The summed E-state index contributed by atoms with van der Waals surface area (Å²) in [4.78, 5) is 13.5. The van der Waals surface area contributed by atoms with Crippen LogP contribution in [0.15, 0.2) is 159 Å². The molecule has 67 heavy (non-hydrogen) atoms. The number of furan rings is 3. The molecule has 0 radical (unpaired) electrons. The molecule has 0 spiro atoms. The minimum atomic E-state index is 0. The quantitative estimate of drug-likeness (QED) is 0.154. The van der Waals surface area contributed by atoms with Crippen molar-refractivity contribution in [2.75, 3.05) is 0 Å². The summed E-state index contributed by atoms with van der Waals surface area (Å²) in [5, 5.41) is 7.06. The molecule has 0 unspecified atom stereocenters. The molecule has 7 heteroatoms. The second kappa shape index (κ2) is 19.3. The third-order valence-electron chi connectivity index (χ3n) is 12.3. The number of benzene rings is 6. The summed E-state index contributed by atoms with van der Waals surface area (Å²) in [5.41, 5.74) is 18.3. The van der Waals surface area contributed by atoms with Crippen LogP contribution in [0.3, 0.4) is 0 Å². The van der Waals surface area contributed by atoms with Gasteiger partial charge in [-0.25, -0.2) is 0 Å². The van der Waals surface area contributed by atoms with Gasteiger partial charge in [0, 0.05) is 34.7 Å². The molecule has 0 fully saturated rings. The van der Waals surface area contributed by atoms with Gasteiger partial charge in [-0.1, -0.05) is 162 Å². The van der Waals surface area contributed by atoms with Crippen LogP contribution in [0.2, 0.25) is 0 Å². The zero-order valence-corrected chi connectivity index (χ0v) is 40.8. The van der Waals surface area contributed by atoms with Crippen LogP contribution >= 0.6 is 0 Å². The van der Waals surface area contributed by atoms with Crippen molar-refractivity contribution in [1.29, 1.82) is 0 Å². The number of rotatable bonds is 6. The molecule has 6 aromatic carbocycles. The van der Waals surface area contributed by atoms with Gasteiger partial charge in [-0.2, -0.15) is 0 Å².